The summed E-state index contributed by atoms with van der Waals surface area (Å²) in [7, 11) is 1.70. The number of unbranched alkanes of at least 4 members (excludes halogenated alkanes) is 3. The normalized spacial score (nSPS) is 10.5. The van der Waals surface area contributed by atoms with Gasteiger partial charge >= 0.3 is 0 Å². The van der Waals surface area contributed by atoms with Crippen LogP contribution in [0, 0.1) is 0 Å². The third kappa shape index (κ3) is 6.59. The van der Waals surface area contributed by atoms with Crippen LogP contribution in [0.25, 0.3) is 0 Å². The Morgan fingerprint density at radius 1 is 1.06 bits per heavy atom. The fraction of sp³-hybridized carbons (Fsp3) is 0.571. The summed E-state index contributed by atoms with van der Waals surface area (Å²) in [5, 5.41) is 0. The fourth-order valence-corrected chi connectivity index (χ4v) is 2.59. The van der Waals surface area contributed by atoms with Crippen LogP contribution in [0.1, 0.15) is 31.2 Å². The topological polar surface area (TPSA) is 35.2 Å². The van der Waals surface area contributed by atoms with Gasteiger partial charge in [-0.05, 0) is 42.8 Å². The number of hydrogen-bond acceptors (Lipinski definition) is 3. The molecule has 3 heteroatoms. The zero-order chi connectivity index (χ0) is 12.3. The molecule has 0 aliphatic rings. The summed E-state index contributed by atoms with van der Waals surface area (Å²) in [5.74, 6) is 3.28. The molecule has 0 aliphatic heterocycles. The molecular weight excluding hydrogens is 230 g/mol. The number of ether oxygens (including phenoxy) is 1. The minimum Gasteiger partial charge on any atom is -0.497 e. The molecule has 0 unspecified atom stereocenters. The largest absolute Gasteiger partial charge is 0.497 e. The van der Waals surface area contributed by atoms with Gasteiger partial charge in [0.1, 0.15) is 5.75 Å². The summed E-state index contributed by atoms with van der Waals surface area (Å²) < 4.78 is 5.13. The number of nitrogens with two attached hydrogens (primary N) is 1. The Morgan fingerprint density at radius 3 is 2.41 bits per heavy atom. The van der Waals surface area contributed by atoms with Crippen molar-refractivity contribution in [3.63, 3.8) is 0 Å². The van der Waals surface area contributed by atoms with Crippen LogP contribution in [0.5, 0.6) is 5.75 Å². The summed E-state index contributed by atoms with van der Waals surface area (Å²) in [5.41, 5.74) is 6.83. The summed E-state index contributed by atoms with van der Waals surface area (Å²) in [6.07, 6.45) is 5.07. The van der Waals surface area contributed by atoms with Crippen LogP contribution in [0.2, 0.25) is 0 Å². The second kappa shape index (κ2) is 9.37. The summed E-state index contributed by atoms with van der Waals surface area (Å²) in [6, 6.07) is 8.33. The SMILES string of the molecule is COc1ccc(CSCCCCCCN)cc1. The van der Waals surface area contributed by atoms with Crippen LogP contribution in [0.4, 0.5) is 0 Å². The maximum atomic E-state index is 5.45. The minimum absolute atomic E-state index is 0.832. The van der Waals surface area contributed by atoms with Crippen molar-refractivity contribution in [2.24, 2.45) is 5.73 Å². The van der Waals surface area contributed by atoms with E-state index in [1.165, 1.54) is 37.0 Å². The molecule has 17 heavy (non-hydrogen) atoms. The molecule has 0 bridgehead atoms. The highest BCUT2D eigenvalue weighted by atomic mass is 32.2. The minimum atomic E-state index is 0.832. The van der Waals surface area contributed by atoms with Gasteiger partial charge in [-0.3, -0.25) is 0 Å². The maximum absolute atomic E-state index is 5.45. The third-order valence-electron chi connectivity index (χ3n) is 2.67. The monoisotopic (exact) mass is 253 g/mol. The average molecular weight is 253 g/mol. The van der Waals surface area contributed by atoms with Crippen LogP contribution >= 0.6 is 11.8 Å². The van der Waals surface area contributed by atoms with Crippen LogP contribution in [0.3, 0.4) is 0 Å². The van der Waals surface area contributed by atoms with E-state index in [9.17, 15) is 0 Å². The lowest BCUT2D eigenvalue weighted by Crippen LogP contribution is -1.97. The zero-order valence-corrected chi connectivity index (χ0v) is 11.5. The predicted octanol–water partition coefficient (Wildman–Crippen LogP) is 3.45. The molecule has 0 aromatic heterocycles. The van der Waals surface area contributed by atoms with E-state index < -0.39 is 0 Å². The number of benzene rings is 1. The van der Waals surface area contributed by atoms with E-state index in [4.69, 9.17) is 10.5 Å². The molecule has 0 saturated heterocycles. The number of rotatable bonds is 9. The van der Waals surface area contributed by atoms with Gasteiger partial charge in [-0.1, -0.05) is 25.0 Å². The molecule has 0 amide bonds. The summed E-state index contributed by atoms with van der Waals surface area (Å²) in [4.78, 5) is 0. The molecule has 0 aliphatic carbocycles. The van der Waals surface area contributed by atoms with Crippen molar-refractivity contribution in [1.29, 1.82) is 0 Å². The molecule has 0 atom stereocenters. The number of thioether (sulfide) groups is 1. The van der Waals surface area contributed by atoms with Crippen LogP contribution in [0.15, 0.2) is 24.3 Å². The maximum Gasteiger partial charge on any atom is 0.118 e. The molecule has 2 N–H and O–H groups in total. The Bertz CT molecular complexity index is 287. The van der Waals surface area contributed by atoms with Crippen molar-refractivity contribution in [2.45, 2.75) is 31.4 Å². The first-order valence-electron chi connectivity index (χ1n) is 6.27. The van der Waals surface area contributed by atoms with Gasteiger partial charge in [0.15, 0.2) is 0 Å². The van der Waals surface area contributed by atoms with Gasteiger partial charge in [-0.2, -0.15) is 11.8 Å². The quantitative estimate of drug-likeness (QED) is 0.685. The first-order chi connectivity index (χ1) is 8.36. The molecule has 1 rings (SSSR count). The van der Waals surface area contributed by atoms with E-state index in [-0.39, 0.29) is 0 Å². The van der Waals surface area contributed by atoms with E-state index in [1.807, 2.05) is 23.9 Å². The molecule has 1 aromatic rings. The summed E-state index contributed by atoms with van der Waals surface area (Å²) in [6.45, 7) is 0.832. The lowest BCUT2D eigenvalue weighted by atomic mass is 10.2. The van der Waals surface area contributed by atoms with Crippen molar-refractivity contribution < 1.29 is 4.74 Å². The van der Waals surface area contributed by atoms with Crippen LogP contribution < -0.4 is 10.5 Å². The van der Waals surface area contributed by atoms with Crippen LogP contribution in [-0.2, 0) is 5.75 Å². The first-order valence-corrected chi connectivity index (χ1v) is 7.43. The van der Waals surface area contributed by atoms with Crippen molar-refractivity contribution >= 4 is 11.8 Å². The van der Waals surface area contributed by atoms with Gasteiger partial charge in [0, 0.05) is 5.75 Å². The van der Waals surface area contributed by atoms with Crippen molar-refractivity contribution in [2.75, 3.05) is 19.4 Å². The molecule has 96 valence electrons. The number of methoxy groups -OCH3 is 1. The Kier molecular flexibility index (Phi) is 7.93. The standard InChI is InChI=1S/C14H23NOS/c1-16-14-8-6-13(7-9-14)12-17-11-5-3-2-4-10-15/h6-9H,2-5,10-12,15H2,1H3. The van der Waals surface area contributed by atoms with E-state index >= 15 is 0 Å². The Hall–Kier alpha value is -0.670. The smallest absolute Gasteiger partial charge is 0.118 e. The van der Waals surface area contributed by atoms with Crippen molar-refractivity contribution in [3.8, 4) is 5.75 Å². The third-order valence-corrected chi connectivity index (χ3v) is 3.79. The highest BCUT2D eigenvalue weighted by Crippen LogP contribution is 2.17. The molecule has 0 heterocycles. The van der Waals surface area contributed by atoms with Crippen molar-refractivity contribution in [1.82, 2.24) is 0 Å². The zero-order valence-electron chi connectivity index (χ0n) is 10.7. The molecule has 0 saturated carbocycles. The van der Waals surface area contributed by atoms with E-state index in [1.54, 1.807) is 7.11 Å². The highest BCUT2D eigenvalue weighted by Gasteiger charge is 1.95. The lowest BCUT2D eigenvalue weighted by molar-refractivity contribution is 0.414. The fourth-order valence-electron chi connectivity index (χ4n) is 1.61. The second-order valence-corrected chi connectivity index (χ2v) is 5.21. The van der Waals surface area contributed by atoms with Gasteiger partial charge < -0.3 is 10.5 Å². The highest BCUT2D eigenvalue weighted by molar-refractivity contribution is 7.98. The summed E-state index contributed by atoms with van der Waals surface area (Å²) >= 11 is 2.01. The molecule has 2 nitrogen and oxygen atoms in total. The van der Waals surface area contributed by atoms with Gasteiger partial charge in [-0.15, -0.1) is 0 Å². The predicted molar refractivity (Wildman–Crippen MR) is 76.7 cm³/mol. The van der Waals surface area contributed by atoms with E-state index in [2.05, 4.69) is 12.1 Å². The lowest BCUT2D eigenvalue weighted by Gasteiger charge is -2.04. The van der Waals surface area contributed by atoms with Gasteiger partial charge in [-0.25, -0.2) is 0 Å². The molecule has 1 aromatic carbocycles. The number of hydrogen-bond donors (Lipinski definition) is 1. The van der Waals surface area contributed by atoms with E-state index in [0.29, 0.717) is 0 Å². The molecule has 0 radical (unpaired) electrons. The Morgan fingerprint density at radius 2 is 1.76 bits per heavy atom. The molecular formula is C14H23NOS. The Balaban J connectivity index is 2.05. The van der Waals surface area contributed by atoms with Crippen LogP contribution in [-0.4, -0.2) is 19.4 Å². The first kappa shape index (κ1) is 14.4. The molecule has 0 spiro atoms. The molecule has 0 fully saturated rings. The van der Waals surface area contributed by atoms with Crippen molar-refractivity contribution in [3.05, 3.63) is 29.8 Å². The Labute approximate surface area is 109 Å². The van der Waals surface area contributed by atoms with Gasteiger partial charge in [0.2, 0.25) is 0 Å². The second-order valence-electron chi connectivity index (χ2n) is 4.10. The average Bonchev–Trinajstić information content (AvgIpc) is 2.38. The van der Waals surface area contributed by atoms with Gasteiger partial charge in [0.25, 0.3) is 0 Å². The van der Waals surface area contributed by atoms with E-state index in [0.717, 1.165) is 18.0 Å². The van der Waals surface area contributed by atoms with Gasteiger partial charge in [0.05, 0.1) is 7.11 Å².